The molecule has 4 rings (SSSR count). The summed E-state index contributed by atoms with van der Waals surface area (Å²) in [5.74, 6) is 0.589. The number of aromatic nitrogens is 4. The first-order valence-electron chi connectivity index (χ1n) is 10.4. The second-order valence-corrected chi connectivity index (χ2v) is 9.96. The van der Waals surface area contributed by atoms with Gasteiger partial charge in [0.05, 0.1) is 28.6 Å². The van der Waals surface area contributed by atoms with Crippen LogP contribution in [0.4, 0.5) is 4.39 Å². The van der Waals surface area contributed by atoms with Crippen LogP contribution >= 0.6 is 23.1 Å². The van der Waals surface area contributed by atoms with Gasteiger partial charge >= 0.3 is 0 Å². The molecule has 0 saturated carbocycles. The standard InChI is InChI=1S/C23H25FN6OS2/c1-15(28(2)3)22-26-27-23(30(22)17-11-9-16(24)10-12-17)32-14-21(31)29(4)13-20-25-18-7-5-6-8-19(18)33-20/h5-12,15H,13-14H2,1-4H3/t15-/m0/s1. The molecule has 0 aliphatic carbocycles. The monoisotopic (exact) mass is 484 g/mol. The maximum absolute atomic E-state index is 13.5. The molecule has 2 heterocycles. The van der Waals surface area contributed by atoms with E-state index in [0.29, 0.717) is 11.7 Å². The minimum Gasteiger partial charge on any atom is -0.338 e. The number of hydrogen-bond donors (Lipinski definition) is 0. The number of hydrogen-bond acceptors (Lipinski definition) is 7. The molecule has 0 saturated heterocycles. The first-order valence-corrected chi connectivity index (χ1v) is 12.2. The van der Waals surface area contributed by atoms with E-state index in [1.807, 2.05) is 54.8 Å². The predicted octanol–water partition coefficient (Wildman–Crippen LogP) is 4.39. The number of thiazole rings is 1. The zero-order valence-electron chi connectivity index (χ0n) is 18.9. The van der Waals surface area contributed by atoms with Gasteiger partial charge in [0.15, 0.2) is 11.0 Å². The summed E-state index contributed by atoms with van der Waals surface area (Å²) in [6.45, 7) is 2.47. The minimum atomic E-state index is -0.310. The van der Waals surface area contributed by atoms with E-state index in [1.165, 1.54) is 23.9 Å². The lowest BCUT2D eigenvalue weighted by molar-refractivity contribution is -0.127. The Kier molecular flexibility index (Phi) is 7.06. The SMILES string of the molecule is C[C@@H](c1nnc(SCC(=O)N(C)Cc2nc3ccccc3s2)n1-c1ccc(F)cc1)N(C)C. The molecular formula is C23H25FN6OS2. The zero-order valence-corrected chi connectivity index (χ0v) is 20.5. The van der Waals surface area contributed by atoms with E-state index < -0.39 is 0 Å². The summed E-state index contributed by atoms with van der Waals surface area (Å²) in [6.07, 6.45) is 0. The van der Waals surface area contributed by atoms with Crippen molar-refractivity contribution in [2.45, 2.75) is 24.7 Å². The molecule has 0 unspecified atom stereocenters. The van der Waals surface area contributed by atoms with Crippen LogP contribution in [0.1, 0.15) is 23.8 Å². The number of carbonyl (C=O) groups is 1. The molecule has 172 valence electrons. The number of thioether (sulfide) groups is 1. The molecule has 10 heteroatoms. The highest BCUT2D eigenvalue weighted by Crippen LogP contribution is 2.27. The highest BCUT2D eigenvalue weighted by atomic mass is 32.2. The highest BCUT2D eigenvalue weighted by Gasteiger charge is 2.22. The summed E-state index contributed by atoms with van der Waals surface area (Å²) in [7, 11) is 5.70. The first-order chi connectivity index (χ1) is 15.8. The molecule has 0 radical (unpaired) electrons. The molecular weight excluding hydrogens is 459 g/mol. The van der Waals surface area contributed by atoms with E-state index in [2.05, 4.69) is 15.2 Å². The predicted molar refractivity (Wildman–Crippen MR) is 130 cm³/mol. The number of halogens is 1. The van der Waals surface area contributed by atoms with Crippen molar-refractivity contribution in [2.75, 3.05) is 26.9 Å². The van der Waals surface area contributed by atoms with Gasteiger partial charge in [0.25, 0.3) is 0 Å². The van der Waals surface area contributed by atoms with Crippen molar-refractivity contribution in [2.24, 2.45) is 0 Å². The van der Waals surface area contributed by atoms with Gasteiger partial charge in [0.1, 0.15) is 10.8 Å². The molecule has 1 atom stereocenters. The number of carbonyl (C=O) groups excluding carboxylic acids is 1. The maximum Gasteiger partial charge on any atom is 0.233 e. The lowest BCUT2D eigenvalue weighted by atomic mass is 10.2. The highest BCUT2D eigenvalue weighted by molar-refractivity contribution is 7.99. The number of rotatable bonds is 8. The van der Waals surface area contributed by atoms with Crippen LogP contribution in [0.5, 0.6) is 0 Å². The summed E-state index contributed by atoms with van der Waals surface area (Å²) in [6, 6.07) is 14.1. The fraction of sp³-hybridized carbons (Fsp3) is 0.304. The van der Waals surface area contributed by atoms with Gasteiger partial charge in [-0.25, -0.2) is 9.37 Å². The maximum atomic E-state index is 13.5. The third kappa shape index (κ3) is 5.23. The van der Waals surface area contributed by atoms with E-state index in [4.69, 9.17) is 0 Å². The van der Waals surface area contributed by atoms with Crippen molar-refractivity contribution in [3.8, 4) is 5.69 Å². The van der Waals surface area contributed by atoms with Crippen LogP contribution in [0, 0.1) is 5.82 Å². The number of fused-ring (bicyclic) bond motifs is 1. The third-order valence-corrected chi connectivity index (χ3v) is 7.29. The normalized spacial score (nSPS) is 12.4. The Morgan fingerprint density at radius 1 is 1.12 bits per heavy atom. The van der Waals surface area contributed by atoms with Gasteiger partial charge < -0.3 is 4.90 Å². The van der Waals surface area contributed by atoms with Gasteiger partial charge in [-0.3, -0.25) is 14.3 Å². The van der Waals surface area contributed by atoms with Crippen LogP contribution in [0.3, 0.4) is 0 Å². The summed E-state index contributed by atoms with van der Waals surface area (Å²) >= 11 is 2.91. The topological polar surface area (TPSA) is 67.2 Å². The van der Waals surface area contributed by atoms with Crippen molar-refractivity contribution < 1.29 is 9.18 Å². The molecule has 0 spiro atoms. The van der Waals surface area contributed by atoms with Crippen molar-refractivity contribution in [1.82, 2.24) is 29.5 Å². The number of benzene rings is 2. The van der Waals surface area contributed by atoms with Gasteiger partial charge in [-0.05, 0) is 57.4 Å². The van der Waals surface area contributed by atoms with Crippen molar-refractivity contribution >= 4 is 39.2 Å². The molecule has 0 N–H and O–H groups in total. The Bertz CT molecular complexity index is 1220. The van der Waals surface area contributed by atoms with Gasteiger partial charge in [-0.2, -0.15) is 0 Å². The van der Waals surface area contributed by atoms with Crippen molar-refractivity contribution in [3.63, 3.8) is 0 Å². The van der Waals surface area contributed by atoms with Crippen molar-refractivity contribution in [1.29, 1.82) is 0 Å². The second-order valence-electron chi connectivity index (χ2n) is 7.91. The second kappa shape index (κ2) is 9.98. The largest absolute Gasteiger partial charge is 0.338 e. The van der Waals surface area contributed by atoms with Gasteiger partial charge in [0.2, 0.25) is 5.91 Å². The first kappa shape index (κ1) is 23.3. The lowest BCUT2D eigenvalue weighted by Crippen LogP contribution is -2.27. The zero-order chi connectivity index (χ0) is 23.5. The summed E-state index contributed by atoms with van der Waals surface area (Å²) in [4.78, 5) is 21.2. The van der Waals surface area contributed by atoms with Crippen LogP contribution in [0.25, 0.3) is 15.9 Å². The van der Waals surface area contributed by atoms with E-state index in [0.717, 1.165) is 26.7 Å². The van der Waals surface area contributed by atoms with Crippen LogP contribution in [-0.4, -0.2) is 62.4 Å². The molecule has 33 heavy (non-hydrogen) atoms. The molecule has 0 aliphatic rings. The molecule has 2 aromatic carbocycles. The fourth-order valence-corrected chi connectivity index (χ4v) is 5.14. The molecule has 0 bridgehead atoms. The average Bonchev–Trinajstić information content (AvgIpc) is 3.40. The Morgan fingerprint density at radius 3 is 2.55 bits per heavy atom. The average molecular weight is 485 g/mol. The minimum absolute atomic E-state index is 0.0192. The van der Waals surface area contributed by atoms with Crippen LogP contribution in [0.2, 0.25) is 0 Å². The van der Waals surface area contributed by atoms with E-state index in [9.17, 15) is 9.18 Å². The number of nitrogens with zero attached hydrogens (tertiary/aromatic N) is 6. The van der Waals surface area contributed by atoms with Crippen LogP contribution < -0.4 is 0 Å². The van der Waals surface area contributed by atoms with Gasteiger partial charge in [0, 0.05) is 12.7 Å². The molecule has 0 fully saturated rings. The van der Waals surface area contributed by atoms with E-state index >= 15 is 0 Å². The summed E-state index contributed by atoms with van der Waals surface area (Å²) in [5.41, 5.74) is 1.70. The third-order valence-electron chi connectivity index (χ3n) is 5.35. The molecule has 7 nitrogen and oxygen atoms in total. The van der Waals surface area contributed by atoms with E-state index in [1.54, 1.807) is 35.4 Å². The fourth-order valence-electron chi connectivity index (χ4n) is 3.22. The van der Waals surface area contributed by atoms with Crippen LogP contribution in [-0.2, 0) is 11.3 Å². The number of amides is 1. The summed E-state index contributed by atoms with van der Waals surface area (Å²) in [5, 5.41) is 10.2. The Labute approximate surface area is 200 Å². The molecule has 1 amide bonds. The number of para-hydroxylation sites is 1. The van der Waals surface area contributed by atoms with Gasteiger partial charge in [-0.1, -0.05) is 23.9 Å². The molecule has 2 aromatic heterocycles. The smallest absolute Gasteiger partial charge is 0.233 e. The Morgan fingerprint density at radius 2 is 1.85 bits per heavy atom. The van der Waals surface area contributed by atoms with Gasteiger partial charge in [-0.15, -0.1) is 21.5 Å². The van der Waals surface area contributed by atoms with Crippen LogP contribution in [0.15, 0.2) is 53.7 Å². The van der Waals surface area contributed by atoms with Crippen molar-refractivity contribution in [3.05, 3.63) is 65.2 Å². The lowest BCUT2D eigenvalue weighted by Gasteiger charge is -2.20. The molecule has 4 aromatic rings. The summed E-state index contributed by atoms with van der Waals surface area (Å²) < 4.78 is 16.5. The van der Waals surface area contributed by atoms with E-state index in [-0.39, 0.29) is 23.5 Å². The Balaban J connectivity index is 1.49. The Hall–Kier alpha value is -2.82. The quantitative estimate of drug-likeness (QED) is 0.346. The molecule has 0 aliphatic heterocycles.